The molecule has 0 bridgehead atoms. The minimum Gasteiger partial charge on any atom is -0.334 e. The normalized spacial score (nSPS) is 10.5. The van der Waals surface area contributed by atoms with E-state index in [0.717, 1.165) is 10.2 Å². The van der Waals surface area contributed by atoms with Crippen LogP contribution in [0.25, 0.3) is 0 Å². The first kappa shape index (κ1) is 16.4. The number of nitrogens with zero attached hydrogens (tertiary/aromatic N) is 3. The van der Waals surface area contributed by atoms with Gasteiger partial charge in [-0.15, -0.1) is 10.2 Å². The van der Waals surface area contributed by atoms with E-state index in [4.69, 9.17) is 17.4 Å². The Morgan fingerprint density at radius 3 is 2.54 bits per heavy atom. The molecule has 0 fully saturated rings. The third kappa shape index (κ3) is 3.69. The fourth-order valence-corrected chi connectivity index (χ4v) is 2.97. The van der Waals surface area contributed by atoms with Crippen LogP contribution in [0.2, 0.25) is 5.02 Å². The second-order valence-corrected chi connectivity index (χ2v) is 6.24. The summed E-state index contributed by atoms with van der Waals surface area (Å²) in [4.78, 5) is 12.3. The SMILES string of the molecule is Nn1c(SCc2ccccc2)nnc(Nc2ccccc2Cl)c1=O. The second-order valence-electron chi connectivity index (χ2n) is 4.89. The summed E-state index contributed by atoms with van der Waals surface area (Å²) in [5.74, 6) is 6.51. The molecule has 1 aromatic heterocycles. The molecule has 122 valence electrons. The van der Waals surface area contributed by atoms with E-state index in [-0.39, 0.29) is 5.82 Å². The molecule has 1 heterocycles. The van der Waals surface area contributed by atoms with E-state index in [9.17, 15) is 4.79 Å². The Bertz CT molecular complexity index is 900. The molecule has 0 saturated carbocycles. The van der Waals surface area contributed by atoms with E-state index in [2.05, 4.69) is 15.5 Å². The molecule has 0 radical (unpaired) electrons. The van der Waals surface area contributed by atoms with Crippen LogP contribution in [-0.4, -0.2) is 14.9 Å². The summed E-state index contributed by atoms with van der Waals surface area (Å²) >= 11 is 7.40. The highest BCUT2D eigenvalue weighted by Gasteiger charge is 2.12. The van der Waals surface area contributed by atoms with Crippen molar-refractivity contribution >= 4 is 34.9 Å². The first-order valence-electron chi connectivity index (χ1n) is 7.08. The van der Waals surface area contributed by atoms with Gasteiger partial charge in [-0.1, -0.05) is 65.8 Å². The van der Waals surface area contributed by atoms with E-state index in [1.165, 1.54) is 11.8 Å². The lowest BCUT2D eigenvalue weighted by molar-refractivity contribution is 0.705. The third-order valence-electron chi connectivity index (χ3n) is 3.20. The number of aromatic nitrogens is 3. The van der Waals surface area contributed by atoms with Gasteiger partial charge in [0.05, 0.1) is 10.7 Å². The van der Waals surface area contributed by atoms with Gasteiger partial charge < -0.3 is 11.2 Å². The van der Waals surface area contributed by atoms with Gasteiger partial charge in [-0.2, -0.15) is 4.68 Å². The maximum atomic E-state index is 12.3. The van der Waals surface area contributed by atoms with Gasteiger partial charge in [-0.25, -0.2) is 0 Å². The van der Waals surface area contributed by atoms with Gasteiger partial charge >= 0.3 is 5.56 Å². The zero-order chi connectivity index (χ0) is 16.9. The number of nitrogen functional groups attached to an aromatic ring is 1. The Labute approximate surface area is 147 Å². The summed E-state index contributed by atoms with van der Waals surface area (Å²) in [6.07, 6.45) is 0. The van der Waals surface area contributed by atoms with Crippen molar-refractivity contribution in [2.24, 2.45) is 0 Å². The van der Waals surface area contributed by atoms with E-state index < -0.39 is 5.56 Å². The first-order valence-corrected chi connectivity index (χ1v) is 8.44. The first-order chi connectivity index (χ1) is 11.6. The summed E-state index contributed by atoms with van der Waals surface area (Å²) in [6.45, 7) is 0. The van der Waals surface area contributed by atoms with Gasteiger partial charge in [0.1, 0.15) is 0 Å². The molecule has 3 rings (SSSR count). The van der Waals surface area contributed by atoms with Crippen LogP contribution in [-0.2, 0) is 5.75 Å². The summed E-state index contributed by atoms with van der Waals surface area (Å²) < 4.78 is 0.986. The van der Waals surface area contributed by atoms with Crippen molar-refractivity contribution in [2.45, 2.75) is 10.9 Å². The van der Waals surface area contributed by atoms with Crippen LogP contribution in [0, 0.1) is 0 Å². The molecule has 0 aliphatic rings. The van der Waals surface area contributed by atoms with Crippen LogP contribution in [0.1, 0.15) is 5.56 Å². The smallest absolute Gasteiger partial charge is 0.315 e. The number of hydrogen-bond donors (Lipinski definition) is 2. The van der Waals surface area contributed by atoms with Crippen LogP contribution in [0.3, 0.4) is 0 Å². The Kier molecular flexibility index (Phi) is 5.02. The number of para-hydroxylation sites is 1. The minimum absolute atomic E-state index is 0.0228. The number of halogens is 1. The molecule has 0 unspecified atom stereocenters. The lowest BCUT2D eigenvalue weighted by atomic mass is 10.2. The highest BCUT2D eigenvalue weighted by atomic mass is 35.5. The zero-order valence-electron chi connectivity index (χ0n) is 12.5. The predicted molar refractivity (Wildman–Crippen MR) is 97.2 cm³/mol. The number of benzene rings is 2. The molecular formula is C16H14ClN5OS. The zero-order valence-corrected chi connectivity index (χ0v) is 14.1. The van der Waals surface area contributed by atoms with Crippen molar-refractivity contribution in [1.82, 2.24) is 14.9 Å². The monoisotopic (exact) mass is 359 g/mol. The van der Waals surface area contributed by atoms with Crippen molar-refractivity contribution in [3.8, 4) is 0 Å². The fourth-order valence-electron chi connectivity index (χ4n) is 1.97. The van der Waals surface area contributed by atoms with Gasteiger partial charge in [-0.05, 0) is 17.7 Å². The number of hydrogen-bond acceptors (Lipinski definition) is 6. The van der Waals surface area contributed by atoms with E-state index in [0.29, 0.717) is 21.6 Å². The quantitative estimate of drug-likeness (QED) is 0.538. The average molecular weight is 360 g/mol. The van der Waals surface area contributed by atoms with Gasteiger partial charge in [0, 0.05) is 5.75 Å². The predicted octanol–water partition coefficient (Wildman–Crippen LogP) is 3.04. The summed E-state index contributed by atoms with van der Waals surface area (Å²) in [6, 6.07) is 16.9. The number of anilines is 2. The number of nitrogens with one attached hydrogen (secondary N) is 1. The van der Waals surface area contributed by atoms with E-state index >= 15 is 0 Å². The molecule has 0 spiro atoms. The molecule has 0 amide bonds. The van der Waals surface area contributed by atoms with Crippen molar-refractivity contribution in [3.63, 3.8) is 0 Å². The van der Waals surface area contributed by atoms with Gasteiger partial charge in [-0.3, -0.25) is 4.79 Å². The van der Waals surface area contributed by atoms with Crippen LogP contribution in [0.15, 0.2) is 64.5 Å². The van der Waals surface area contributed by atoms with E-state index in [1.54, 1.807) is 24.3 Å². The molecular weight excluding hydrogens is 346 g/mol. The molecule has 0 aliphatic carbocycles. The van der Waals surface area contributed by atoms with Gasteiger partial charge in [0.2, 0.25) is 11.0 Å². The summed E-state index contributed by atoms with van der Waals surface area (Å²) in [5, 5.41) is 11.6. The highest BCUT2D eigenvalue weighted by Crippen LogP contribution is 2.23. The fraction of sp³-hybridized carbons (Fsp3) is 0.0625. The maximum Gasteiger partial charge on any atom is 0.315 e. The highest BCUT2D eigenvalue weighted by molar-refractivity contribution is 7.98. The molecule has 3 aromatic rings. The molecule has 24 heavy (non-hydrogen) atoms. The minimum atomic E-state index is -0.472. The molecule has 2 aromatic carbocycles. The largest absolute Gasteiger partial charge is 0.334 e. The molecule has 3 N–H and O–H groups in total. The summed E-state index contributed by atoms with van der Waals surface area (Å²) in [5.41, 5.74) is 1.20. The lowest BCUT2D eigenvalue weighted by Crippen LogP contribution is -2.32. The number of rotatable bonds is 5. The van der Waals surface area contributed by atoms with Crippen LogP contribution < -0.4 is 16.7 Å². The number of nitrogens with two attached hydrogens (primary N) is 1. The Morgan fingerprint density at radius 2 is 1.79 bits per heavy atom. The Balaban J connectivity index is 1.79. The van der Waals surface area contributed by atoms with Crippen molar-refractivity contribution in [2.75, 3.05) is 11.2 Å². The maximum absolute atomic E-state index is 12.3. The van der Waals surface area contributed by atoms with Crippen molar-refractivity contribution in [1.29, 1.82) is 0 Å². The molecule has 0 atom stereocenters. The standard InChI is InChI=1S/C16H14ClN5OS/c17-12-8-4-5-9-13(12)19-14-15(23)22(18)16(21-20-14)24-10-11-6-2-1-3-7-11/h1-9H,10,18H2,(H,19,20). The number of thioether (sulfide) groups is 1. The molecule has 0 aliphatic heterocycles. The van der Waals surface area contributed by atoms with E-state index in [1.807, 2.05) is 30.3 Å². The van der Waals surface area contributed by atoms with Crippen molar-refractivity contribution in [3.05, 3.63) is 75.5 Å². The average Bonchev–Trinajstić information content (AvgIpc) is 2.61. The van der Waals surface area contributed by atoms with Crippen LogP contribution in [0.4, 0.5) is 11.5 Å². The van der Waals surface area contributed by atoms with Gasteiger partial charge in [0.15, 0.2) is 0 Å². The third-order valence-corrected chi connectivity index (χ3v) is 4.54. The molecule has 6 nitrogen and oxygen atoms in total. The topological polar surface area (TPSA) is 85.8 Å². The Morgan fingerprint density at radius 1 is 1.08 bits per heavy atom. The van der Waals surface area contributed by atoms with Gasteiger partial charge in [0.25, 0.3) is 0 Å². The molecule has 0 saturated heterocycles. The summed E-state index contributed by atoms with van der Waals surface area (Å²) in [7, 11) is 0. The Hall–Kier alpha value is -2.51. The van der Waals surface area contributed by atoms with Crippen LogP contribution in [0.5, 0.6) is 0 Å². The molecule has 8 heteroatoms. The lowest BCUT2D eigenvalue weighted by Gasteiger charge is -2.09. The van der Waals surface area contributed by atoms with Crippen molar-refractivity contribution < 1.29 is 0 Å². The van der Waals surface area contributed by atoms with Crippen LogP contribution >= 0.6 is 23.4 Å². The second kappa shape index (κ2) is 7.37.